The molecule has 0 saturated heterocycles. The highest BCUT2D eigenvalue weighted by Crippen LogP contribution is 2.31. The monoisotopic (exact) mass is 588 g/mol. The first-order valence-electron chi connectivity index (χ1n) is 13.3. The van der Waals surface area contributed by atoms with Gasteiger partial charge in [-0.2, -0.15) is 0 Å². The van der Waals surface area contributed by atoms with Crippen molar-refractivity contribution in [2.45, 2.75) is 33.4 Å². The number of hydrogen-bond acceptors (Lipinski definition) is 7. The molecule has 5 rings (SSSR count). The van der Waals surface area contributed by atoms with Gasteiger partial charge in [-0.15, -0.1) is 0 Å². The van der Waals surface area contributed by atoms with Crippen molar-refractivity contribution in [2.75, 3.05) is 13.2 Å². The molecule has 0 radical (unpaired) electrons. The lowest BCUT2D eigenvalue weighted by Crippen LogP contribution is -2.39. The van der Waals surface area contributed by atoms with Crippen molar-refractivity contribution >= 4 is 35.0 Å². The van der Waals surface area contributed by atoms with E-state index in [2.05, 4.69) is 4.99 Å². The maximum absolute atomic E-state index is 13.8. The van der Waals surface area contributed by atoms with Gasteiger partial charge in [-0.3, -0.25) is 9.36 Å². The van der Waals surface area contributed by atoms with E-state index in [1.807, 2.05) is 79.7 Å². The van der Waals surface area contributed by atoms with Gasteiger partial charge in [0, 0.05) is 5.02 Å². The third-order valence-electron chi connectivity index (χ3n) is 6.51. The molecule has 0 N–H and O–H groups in total. The van der Waals surface area contributed by atoms with Crippen LogP contribution in [0.3, 0.4) is 0 Å². The lowest BCUT2D eigenvalue weighted by Gasteiger charge is -2.24. The third kappa shape index (κ3) is 6.14. The number of allylic oxidation sites excluding steroid dienone is 1. The lowest BCUT2D eigenvalue weighted by atomic mass is 9.96. The van der Waals surface area contributed by atoms with Crippen LogP contribution in [0.5, 0.6) is 11.5 Å². The van der Waals surface area contributed by atoms with Gasteiger partial charge in [0.1, 0.15) is 6.61 Å². The Morgan fingerprint density at radius 2 is 1.76 bits per heavy atom. The number of nitrogens with zero attached hydrogens (tertiary/aromatic N) is 2. The first-order chi connectivity index (χ1) is 19.9. The molecule has 1 aliphatic heterocycles. The number of benzene rings is 3. The minimum atomic E-state index is -0.642. The lowest BCUT2D eigenvalue weighted by molar-refractivity contribution is -0.139. The van der Waals surface area contributed by atoms with E-state index in [0.29, 0.717) is 50.3 Å². The highest BCUT2D eigenvalue weighted by atomic mass is 35.5. The van der Waals surface area contributed by atoms with E-state index in [1.54, 1.807) is 24.5 Å². The minimum absolute atomic E-state index is 0.225. The number of aromatic nitrogens is 1. The fraction of sp³-hybridized carbons (Fsp3) is 0.219. The van der Waals surface area contributed by atoms with Crippen LogP contribution in [-0.2, 0) is 16.1 Å². The van der Waals surface area contributed by atoms with Crippen molar-refractivity contribution in [1.82, 2.24) is 4.57 Å². The number of ether oxygens (including phenoxy) is 3. The topological polar surface area (TPSA) is 79.1 Å². The quantitative estimate of drug-likeness (QED) is 0.244. The molecule has 1 aromatic heterocycles. The number of carbonyl (C=O) groups is 1. The molecule has 0 bridgehead atoms. The van der Waals surface area contributed by atoms with Crippen molar-refractivity contribution in [3.8, 4) is 11.5 Å². The molecule has 9 heteroatoms. The molecule has 7 nitrogen and oxygen atoms in total. The highest BCUT2D eigenvalue weighted by Gasteiger charge is 2.33. The predicted molar refractivity (Wildman–Crippen MR) is 160 cm³/mol. The van der Waals surface area contributed by atoms with E-state index in [-0.39, 0.29) is 12.2 Å². The molecule has 4 aromatic rings. The standard InChI is InChI=1S/C32H29ClN2O5S/c1-4-38-26-17-22(13-16-25(26)40-19-21-11-14-24(33)15-12-21)18-27-30(36)35-29(23-9-7-6-8-10-23)28(31(37)39-5-2)20(3)34-32(35)41-27/h6-18,29H,4-5,19H2,1-3H3/b27-18+/t29-/m1/s1. The summed E-state index contributed by atoms with van der Waals surface area (Å²) in [6, 6.07) is 21.8. The summed E-state index contributed by atoms with van der Waals surface area (Å²) < 4.78 is 19.3. The number of rotatable bonds is 9. The number of carbonyl (C=O) groups excluding carboxylic acids is 1. The molecule has 3 aromatic carbocycles. The average Bonchev–Trinajstić information content (AvgIpc) is 3.27. The van der Waals surface area contributed by atoms with Crippen LogP contribution in [0.15, 0.2) is 93.9 Å². The Kier molecular flexibility index (Phi) is 8.71. The van der Waals surface area contributed by atoms with Gasteiger partial charge in [-0.05, 0) is 67.8 Å². The minimum Gasteiger partial charge on any atom is -0.490 e. The fourth-order valence-electron chi connectivity index (χ4n) is 4.64. The van der Waals surface area contributed by atoms with Crippen molar-refractivity contribution in [3.63, 3.8) is 0 Å². The molecule has 2 heterocycles. The molecular weight excluding hydrogens is 560 g/mol. The summed E-state index contributed by atoms with van der Waals surface area (Å²) in [5, 5.41) is 0.667. The van der Waals surface area contributed by atoms with E-state index >= 15 is 0 Å². The number of fused-ring (bicyclic) bond motifs is 1. The van der Waals surface area contributed by atoms with Gasteiger partial charge in [0.2, 0.25) is 0 Å². The third-order valence-corrected chi connectivity index (χ3v) is 7.74. The van der Waals surface area contributed by atoms with Gasteiger partial charge in [0.15, 0.2) is 16.3 Å². The van der Waals surface area contributed by atoms with Crippen molar-refractivity contribution in [3.05, 3.63) is 125 Å². The van der Waals surface area contributed by atoms with E-state index in [1.165, 1.54) is 11.3 Å². The van der Waals surface area contributed by atoms with Gasteiger partial charge in [0.05, 0.1) is 35.1 Å². The first kappa shape index (κ1) is 28.4. The van der Waals surface area contributed by atoms with Crippen LogP contribution in [0.4, 0.5) is 0 Å². The van der Waals surface area contributed by atoms with Crippen LogP contribution in [-0.4, -0.2) is 23.8 Å². The summed E-state index contributed by atoms with van der Waals surface area (Å²) in [6.07, 6.45) is 1.81. The second kappa shape index (κ2) is 12.6. The summed E-state index contributed by atoms with van der Waals surface area (Å²) in [4.78, 5) is 32.0. The number of thiazole rings is 1. The van der Waals surface area contributed by atoms with E-state index in [4.69, 9.17) is 25.8 Å². The van der Waals surface area contributed by atoms with Gasteiger partial charge in [0.25, 0.3) is 5.56 Å². The summed E-state index contributed by atoms with van der Waals surface area (Å²) in [5.74, 6) is 0.692. The Labute approximate surface area is 246 Å². The summed E-state index contributed by atoms with van der Waals surface area (Å²) in [5.41, 5.74) is 3.21. The number of esters is 1. The SMILES string of the molecule is CCOC(=O)C1=C(C)N=c2s/c(=C/c3ccc(OCc4ccc(Cl)cc4)c(OCC)c3)c(=O)n2[C@@H]1c1ccccc1. The fourth-order valence-corrected chi connectivity index (χ4v) is 5.81. The zero-order chi connectivity index (χ0) is 28.9. The Bertz CT molecular complexity index is 1780. The predicted octanol–water partition coefficient (Wildman–Crippen LogP) is 5.43. The maximum Gasteiger partial charge on any atom is 0.338 e. The van der Waals surface area contributed by atoms with Crippen LogP contribution in [0, 0.1) is 0 Å². The van der Waals surface area contributed by atoms with Crippen molar-refractivity contribution in [1.29, 1.82) is 0 Å². The number of hydrogen-bond donors (Lipinski definition) is 0. The van der Waals surface area contributed by atoms with Crippen LogP contribution in [0.1, 0.15) is 43.5 Å². The average molecular weight is 589 g/mol. The highest BCUT2D eigenvalue weighted by molar-refractivity contribution is 7.07. The second-order valence-corrected chi connectivity index (χ2v) is 10.7. The zero-order valence-corrected chi connectivity index (χ0v) is 24.5. The Morgan fingerprint density at radius 1 is 1.00 bits per heavy atom. The first-order valence-corrected chi connectivity index (χ1v) is 14.5. The van der Waals surface area contributed by atoms with Crippen molar-refractivity contribution < 1.29 is 19.0 Å². The van der Waals surface area contributed by atoms with Gasteiger partial charge in [-0.25, -0.2) is 9.79 Å². The van der Waals surface area contributed by atoms with Gasteiger partial charge >= 0.3 is 5.97 Å². The molecule has 1 aliphatic rings. The molecule has 41 heavy (non-hydrogen) atoms. The molecule has 0 fully saturated rings. The molecule has 0 saturated carbocycles. The van der Waals surface area contributed by atoms with E-state index in [0.717, 1.165) is 16.7 Å². The molecule has 0 aliphatic carbocycles. The number of halogens is 1. The second-order valence-electron chi connectivity index (χ2n) is 9.27. The normalized spacial score (nSPS) is 14.8. The largest absolute Gasteiger partial charge is 0.490 e. The van der Waals surface area contributed by atoms with Gasteiger partial charge in [-0.1, -0.05) is 71.5 Å². The van der Waals surface area contributed by atoms with Crippen LogP contribution >= 0.6 is 22.9 Å². The van der Waals surface area contributed by atoms with Crippen LogP contribution in [0.25, 0.3) is 6.08 Å². The van der Waals surface area contributed by atoms with Crippen molar-refractivity contribution in [2.24, 2.45) is 4.99 Å². The molecule has 0 unspecified atom stereocenters. The Balaban J connectivity index is 1.53. The Morgan fingerprint density at radius 3 is 2.46 bits per heavy atom. The summed E-state index contributed by atoms with van der Waals surface area (Å²) in [7, 11) is 0. The molecule has 210 valence electrons. The Hall–Kier alpha value is -4.14. The van der Waals surface area contributed by atoms with Crippen LogP contribution < -0.4 is 24.4 Å². The van der Waals surface area contributed by atoms with E-state index in [9.17, 15) is 9.59 Å². The zero-order valence-electron chi connectivity index (χ0n) is 22.9. The summed E-state index contributed by atoms with van der Waals surface area (Å²) >= 11 is 7.26. The van der Waals surface area contributed by atoms with Gasteiger partial charge < -0.3 is 14.2 Å². The van der Waals surface area contributed by atoms with E-state index < -0.39 is 12.0 Å². The molecule has 0 amide bonds. The summed E-state index contributed by atoms with van der Waals surface area (Å²) in [6.45, 7) is 6.47. The molecule has 1 atom stereocenters. The molecule has 0 spiro atoms. The maximum atomic E-state index is 13.8. The van der Waals surface area contributed by atoms with Crippen LogP contribution in [0.2, 0.25) is 5.02 Å². The molecular formula is C32H29ClN2O5S. The smallest absolute Gasteiger partial charge is 0.338 e.